The number of carbonyl (C=O) groups excluding carboxylic acids is 3. The first kappa shape index (κ1) is 21.0. The van der Waals surface area contributed by atoms with E-state index in [9.17, 15) is 29.1 Å². The van der Waals surface area contributed by atoms with Gasteiger partial charge in [-0.05, 0) is 26.7 Å². The zero-order chi connectivity index (χ0) is 20.5. The van der Waals surface area contributed by atoms with Crippen LogP contribution < -0.4 is 10.6 Å². The molecule has 27 heavy (non-hydrogen) atoms. The zero-order valence-electron chi connectivity index (χ0n) is 15.2. The van der Waals surface area contributed by atoms with Gasteiger partial charge < -0.3 is 25.7 Å². The summed E-state index contributed by atoms with van der Waals surface area (Å²) >= 11 is 1.33. The highest BCUT2D eigenvalue weighted by Gasteiger charge is 2.64. The van der Waals surface area contributed by atoms with Crippen molar-refractivity contribution in [2.24, 2.45) is 0 Å². The minimum absolute atomic E-state index is 0.00369. The van der Waals surface area contributed by atoms with Gasteiger partial charge in [0.15, 0.2) is 0 Å². The number of rotatable bonds is 8. The van der Waals surface area contributed by atoms with Gasteiger partial charge >= 0.3 is 11.9 Å². The summed E-state index contributed by atoms with van der Waals surface area (Å²) in [5.74, 6) is -3.58. The second kappa shape index (κ2) is 7.75. The molecule has 3 amide bonds. The van der Waals surface area contributed by atoms with Crippen molar-refractivity contribution < 1.29 is 34.2 Å². The molecule has 2 aliphatic rings. The van der Waals surface area contributed by atoms with Gasteiger partial charge in [0.2, 0.25) is 17.7 Å². The maximum atomic E-state index is 12.3. The smallest absolute Gasteiger partial charge is 0.327 e. The number of carbonyl (C=O) groups is 5. The quantitative estimate of drug-likeness (QED) is 0.393. The van der Waals surface area contributed by atoms with Crippen LogP contribution in [0.4, 0.5) is 0 Å². The van der Waals surface area contributed by atoms with Crippen LogP contribution in [0.1, 0.15) is 40.0 Å². The first-order valence-corrected chi connectivity index (χ1v) is 9.35. The van der Waals surface area contributed by atoms with E-state index in [-0.39, 0.29) is 19.3 Å². The molecule has 0 aromatic carbocycles. The van der Waals surface area contributed by atoms with Crippen LogP contribution >= 0.6 is 11.8 Å². The summed E-state index contributed by atoms with van der Waals surface area (Å²) in [7, 11) is 0. The van der Waals surface area contributed by atoms with Crippen molar-refractivity contribution >= 4 is 41.4 Å². The van der Waals surface area contributed by atoms with Gasteiger partial charge in [0.1, 0.15) is 23.5 Å². The lowest BCUT2D eigenvalue weighted by Crippen LogP contribution is -2.70. The van der Waals surface area contributed by atoms with Crippen molar-refractivity contribution in [3.05, 3.63) is 0 Å². The summed E-state index contributed by atoms with van der Waals surface area (Å²) in [4.78, 5) is 59.1. The normalized spacial score (nSPS) is 26.6. The standard InChI is InChI=1S/C16H23N3O7S/c1-7(20)17-8(14(23)24)5-4-6-9(21)18-10-12(22)19-11(15(25)26)16(2,3)27-13(10)19/h8,10-11,13H,4-6H2,1-3H3,(H,17,20)(H,18,21)(H,23,24)(H,25,26). The summed E-state index contributed by atoms with van der Waals surface area (Å²) in [6.45, 7) is 4.70. The molecule has 0 aromatic rings. The number of nitrogens with one attached hydrogen (secondary N) is 2. The van der Waals surface area contributed by atoms with Gasteiger partial charge in [-0.25, -0.2) is 9.59 Å². The second-order valence-electron chi connectivity index (χ2n) is 7.13. The van der Waals surface area contributed by atoms with Crippen molar-refractivity contribution in [3.63, 3.8) is 0 Å². The number of hydrogen-bond acceptors (Lipinski definition) is 6. The molecule has 4 N–H and O–H groups in total. The highest BCUT2D eigenvalue weighted by Crippen LogP contribution is 2.50. The Labute approximate surface area is 160 Å². The van der Waals surface area contributed by atoms with E-state index in [1.54, 1.807) is 13.8 Å². The Bertz CT molecular complexity index is 681. The lowest BCUT2D eigenvalue weighted by Gasteiger charge is -2.43. The van der Waals surface area contributed by atoms with E-state index in [1.807, 2.05) is 0 Å². The van der Waals surface area contributed by atoms with E-state index in [1.165, 1.54) is 23.6 Å². The Morgan fingerprint density at radius 1 is 1.26 bits per heavy atom. The predicted octanol–water partition coefficient (Wildman–Crippen LogP) is -0.622. The van der Waals surface area contributed by atoms with Gasteiger partial charge in [-0.15, -0.1) is 11.8 Å². The van der Waals surface area contributed by atoms with Crippen molar-refractivity contribution in [1.82, 2.24) is 15.5 Å². The Kier molecular flexibility index (Phi) is 6.03. The summed E-state index contributed by atoms with van der Waals surface area (Å²) in [5, 5.41) is 22.8. The van der Waals surface area contributed by atoms with Crippen LogP contribution in [-0.4, -0.2) is 73.0 Å². The fourth-order valence-corrected chi connectivity index (χ4v) is 4.99. The van der Waals surface area contributed by atoms with Gasteiger partial charge in [0.25, 0.3) is 0 Å². The molecule has 2 rings (SSSR count). The second-order valence-corrected chi connectivity index (χ2v) is 8.90. The Balaban J connectivity index is 1.85. The van der Waals surface area contributed by atoms with Crippen LogP contribution in [0.25, 0.3) is 0 Å². The van der Waals surface area contributed by atoms with Gasteiger partial charge in [-0.2, -0.15) is 0 Å². The third-order valence-electron chi connectivity index (χ3n) is 4.56. The number of nitrogens with zero attached hydrogens (tertiary/aromatic N) is 1. The van der Waals surface area contributed by atoms with Crippen LogP contribution in [0.15, 0.2) is 0 Å². The van der Waals surface area contributed by atoms with E-state index in [4.69, 9.17) is 5.11 Å². The molecule has 4 atom stereocenters. The molecule has 0 aliphatic carbocycles. The molecule has 0 saturated carbocycles. The SMILES string of the molecule is CC(=O)NC(CCCC(=O)NC1C(=O)N2C1SC(C)(C)C2C(=O)O)C(=O)O. The first-order chi connectivity index (χ1) is 12.5. The van der Waals surface area contributed by atoms with Crippen molar-refractivity contribution in [1.29, 1.82) is 0 Å². The van der Waals surface area contributed by atoms with E-state index < -0.39 is 57.9 Å². The van der Waals surface area contributed by atoms with Crippen LogP contribution in [0.5, 0.6) is 0 Å². The van der Waals surface area contributed by atoms with Gasteiger partial charge in [-0.1, -0.05) is 0 Å². The molecule has 0 bridgehead atoms. The maximum Gasteiger partial charge on any atom is 0.327 e. The molecule has 10 nitrogen and oxygen atoms in total. The average Bonchev–Trinajstić information content (AvgIpc) is 2.79. The number of fused-ring (bicyclic) bond motifs is 1. The monoisotopic (exact) mass is 401 g/mol. The fraction of sp³-hybridized carbons (Fsp3) is 0.688. The lowest BCUT2D eigenvalue weighted by atomic mass is 9.96. The van der Waals surface area contributed by atoms with Gasteiger partial charge in [0.05, 0.1) is 0 Å². The van der Waals surface area contributed by atoms with Crippen molar-refractivity contribution in [2.45, 2.75) is 68.3 Å². The third-order valence-corrected chi connectivity index (χ3v) is 6.14. The summed E-state index contributed by atoms with van der Waals surface area (Å²) in [6, 6.07) is -2.79. The van der Waals surface area contributed by atoms with E-state index in [0.29, 0.717) is 0 Å². The molecule has 11 heteroatoms. The number of carboxylic acid groups (broad SMARTS) is 2. The molecule has 0 radical (unpaired) electrons. The predicted molar refractivity (Wildman–Crippen MR) is 94.8 cm³/mol. The van der Waals surface area contributed by atoms with E-state index in [0.717, 1.165) is 0 Å². The Morgan fingerprint density at radius 2 is 1.89 bits per heavy atom. The third kappa shape index (κ3) is 4.34. The number of amides is 3. The average molecular weight is 401 g/mol. The molecule has 2 heterocycles. The largest absolute Gasteiger partial charge is 0.480 e. The molecule has 0 aromatic heterocycles. The van der Waals surface area contributed by atoms with Crippen LogP contribution in [0.3, 0.4) is 0 Å². The zero-order valence-corrected chi connectivity index (χ0v) is 16.0. The van der Waals surface area contributed by atoms with Crippen molar-refractivity contribution in [2.75, 3.05) is 0 Å². The van der Waals surface area contributed by atoms with E-state index >= 15 is 0 Å². The first-order valence-electron chi connectivity index (χ1n) is 8.47. The number of β-lactam (4-membered cyclic amide) rings is 1. The molecule has 2 aliphatic heterocycles. The van der Waals surface area contributed by atoms with E-state index in [2.05, 4.69) is 10.6 Å². The molecule has 150 valence electrons. The highest BCUT2D eigenvalue weighted by molar-refractivity contribution is 8.01. The fourth-order valence-electron chi connectivity index (χ4n) is 3.36. The van der Waals surface area contributed by atoms with Gasteiger partial charge in [0, 0.05) is 18.1 Å². The lowest BCUT2D eigenvalue weighted by molar-refractivity contribution is -0.161. The van der Waals surface area contributed by atoms with Crippen molar-refractivity contribution in [3.8, 4) is 0 Å². The van der Waals surface area contributed by atoms with Crippen LogP contribution in [0, 0.1) is 0 Å². The minimum atomic E-state index is -1.18. The van der Waals surface area contributed by atoms with Gasteiger partial charge in [-0.3, -0.25) is 14.4 Å². The molecular formula is C16H23N3O7S. The number of carboxylic acids is 2. The summed E-state index contributed by atoms with van der Waals surface area (Å²) in [5.41, 5.74) is 0. The molecule has 4 unspecified atom stereocenters. The highest BCUT2D eigenvalue weighted by atomic mass is 32.2. The Morgan fingerprint density at radius 3 is 2.41 bits per heavy atom. The summed E-state index contributed by atoms with van der Waals surface area (Å²) in [6.07, 6.45) is 0.296. The molecule has 0 spiro atoms. The van der Waals surface area contributed by atoms with Crippen LogP contribution in [0.2, 0.25) is 0 Å². The summed E-state index contributed by atoms with van der Waals surface area (Å²) < 4.78 is -0.668. The maximum absolute atomic E-state index is 12.3. The number of hydrogen-bond donors (Lipinski definition) is 4. The molecule has 2 saturated heterocycles. The Hall–Kier alpha value is -2.30. The number of thioether (sulfide) groups is 1. The minimum Gasteiger partial charge on any atom is -0.480 e. The number of aliphatic carboxylic acids is 2. The molecular weight excluding hydrogens is 378 g/mol. The molecule has 2 fully saturated rings. The van der Waals surface area contributed by atoms with Crippen LogP contribution in [-0.2, 0) is 24.0 Å². The topological polar surface area (TPSA) is 153 Å².